The number of ether oxygens (including phenoxy) is 1. The summed E-state index contributed by atoms with van der Waals surface area (Å²) >= 11 is 0. The molecule has 0 radical (unpaired) electrons. The molecule has 3 unspecified atom stereocenters. The van der Waals surface area contributed by atoms with Gasteiger partial charge in [-0.25, -0.2) is 0 Å². The van der Waals surface area contributed by atoms with E-state index < -0.39 is 0 Å². The highest BCUT2D eigenvalue weighted by Crippen LogP contribution is 2.25. The third-order valence-corrected chi connectivity index (χ3v) is 4.61. The Bertz CT molecular complexity index is 435. The molecule has 1 N–H and O–H groups in total. The van der Waals surface area contributed by atoms with Crippen molar-refractivity contribution in [1.82, 2.24) is 10.2 Å². The summed E-state index contributed by atoms with van der Waals surface area (Å²) in [5.74, 6) is 1.75. The van der Waals surface area contributed by atoms with Crippen molar-refractivity contribution in [2.45, 2.75) is 45.7 Å². The summed E-state index contributed by atoms with van der Waals surface area (Å²) in [6, 6.07) is 9.52. The molecule has 118 valence electrons. The van der Waals surface area contributed by atoms with Crippen LogP contribution in [0.15, 0.2) is 24.3 Å². The average molecular weight is 290 g/mol. The lowest BCUT2D eigenvalue weighted by atomic mass is 9.94. The number of nitrogens with one attached hydrogen (secondary N) is 1. The zero-order chi connectivity index (χ0) is 15.2. The first-order valence-electron chi connectivity index (χ1n) is 8.25. The Labute approximate surface area is 129 Å². The first-order valence-corrected chi connectivity index (χ1v) is 8.25. The molecule has 3 heteroatoms. The number of rotatable bonds is 6. The normalized spacial score (nSPS) is 24.8. The molecule has 1 heterocycles. The summed E-state index contributed by atoms with van der Waals surface area (Å²) < 4.78 is 5.37. The lowest BCUT2D eigenvalue weighted by Gasteiger charge is -2.39. The van der Waals surface area contributed by atoms with Gasteiger partial charge in [0.15, 0.2) is 0 Å². The van der Waals surface area contributed by atoms with E-state index in [0.717, 1.165) is 24.8 Å². The van der Waals surface area contributed by atoms with Crippen molar-refractivity contribution in [3.8, 4) is 5.75 Å². The van der Waals surface area contributed by atoms with Gasteiger partial charge in [0, 0.05) is 25.2 Å². The number of hydrogen-bond donors (Lipinski definition) is 1. The van der Waals surface area contributed by atoms with E-state index in [9.17, 15) is 0 Å². The molecule has 1 fully saturated rings. The van der Waals surface area contributed by atoms with E-state index in [2.05, 4.69) is 49.2 Å². The van der Waals surface area contributed by atoms with Crippen molar-refractivity contribution < 1.29 is 4.74 Å². The zero-order valence-corrected chi connectivity index (χ0v) is 13.9. The Kier molecular flexibility index (Phi) is 6.07. The molecule has 0 saturated carbocycles. The SMILES string of the molecule is CCNC(CN1CC(C)CCC1C)c1cccc(OC)c1. The Balaban J connectivity index is 2.10. The minimum atomic E-state index is 0.373. The lowest BCUT2D eigenvalue weighted by molar-refractivity contribution is 0.112. The van der Waals surface area contributed by atoms with E-state index in [1.807, 2.05) is 6.07 Å². The first-order chi connectivity index (χ1) is 10.1. The van der Waals surface area contributed by atoms with E-state index in [0.29, 0.717) is 12.1 Å². The number of likely N-dealkylation sites (tertiary alicyclic amines) is 1. The third-order valence-electron chi connectivity index (χ3n) is 4.61. The molecular weight excluding hydrogens is 260 g/mol. The molecule has 1 aromatic carbocycles. The predicted molar refractivity (Wildman–Crippen MR) is 88.8 cm³/mol. The highest BCUT2D eigenvalue weighted by molar-refractivity contribution is 5.30. The molecular formula is C18H30N2O. The van der Waals surface area contributed by atoms with Crippen LogP contribution in [0.5, 0.6) is 5.75 Å². The number of hydrogen-bond acceptors (Lipinski definition) is 3. The Hall–Kier alpha value is -1.06. The topological polar surface area (TPSA) is 24.5 Å². The average Bonchev–Trinajstić information content (AvgIpc) is 2.50. The number of methoxy groups -OCH3 is 1. The Morgan fingerprint density at radius 1 is 1.33 bits per heavy atom. The largest absolute Gasteiger partial charge is 0.497 e. The minimum Gasteiger partial charge on any atom is -0.497 e. The molecule has 1 aromatic rings. The van der Waals surface area contributed by atoms with Crippen molar-refractivity contribution >= 4 is 0 Å². The number of benzene rings is 1. The fourth-order valence-corrected chi connectivity index (χ4v) is 3.26. The molecule has 0 aromatic heterocycles. The maximum absolute atomic E-state index is 5.37. The smallest absolute Gasteiger partial charge is 0.119 e. The third kappa shape index (κ3) is 4.45. The molecule has 0 bridgehead atoms. The molecule has 0 spiro atoms. The maximum atomic E-state index is 5.37. The van der Waals surface area contributed by atoms with Crippen LogP contribution < -0.4 is 10.1 Å². The van der Waals surface area contributed by atoms with Crippen molar-refractivity contribution in [1.29, 1.82) is 0 Å². The number of nitrogens with zero attached hydrogens (tertiary/aromatic N) is 1. The van der Waals surface area contributed by atoms with Crippen LogP contribution in [0, 0.1) is 5.92 Å². The zero-order valence-electron chi connectivity index (χ0n) is 13.9. The monoisotopic (exact) mass is 290 g/mol. The first kappa shape index (κ1) is 16.3. The van der Waals surface area contributed by atoms with Gasteiger partial charge >= 0.3 is 0 Å². The van der Waals surface area contributed by atoms with Crippen LogP contribution in [-0.4, -0.2) is 37.7 Å². The van der Waals surface area contributed by atoms with Crippen molar-refractivity contribution in [2.24, 2.45) is 5.92 Å². The molecule has 21 heavy (non-hydrogen) atoms. The second-order valence-electron chi connectivity index (χ2n) is 6.37. The summed E-state index contributed by atoms with van der Waals surface area (Å²) in [6.45, 7) is 10.2. The summed E-state index contributed by atoms with van der Waals surface area (Å²) in [6.07, 6.45) is 2.68. The second-order valence-corrected chi connectivity index (χ2v) is 6.37. The van der Waals surface area contributed by atoms with Crippen molar-refractivity contribution in [2.75, 3.05) is 26.7 Å². The molecule has 1 aliphatic rings. The van der Waals surface area contributed by atoms with Gasteiger partial charge in [0.25, 0.3) is 0 Å². The van der Waals surface area contributed by atoms with Gasteiger partial charge in [0.1, 0.15) is 5.75 Å². The van der Waals surface area contributed by atoms with E-state index in [1.165, 1.54) is 24.9 Å². The fraction of sp³-hybridized carbons (Fsp3) is 0.667. The summed E-state index contributed by atoms with van der Waals surface area (Å²) in [7, 11) is 1.73. The van der Waals surface area contributed by atoms with Crippen LogP contribution in [0.3, 0.4) is 0 Å². The highest BCUT2D eigenvalue weighted by atomic mass is 16.5. The van der Waals surface area contributed by atoms with E-state index in [1.54, 1.807) is 7.11 Å². The highest BCUT2D eigenvalue weighted by Gasteiger charge is 2.25. The van der Waals surface area contributed by atoms with Crippen LogP contribution in [0.2, 0.25) is 0 Å². The van der Waals surface area contributed by atoms with Gasteiger partial charge in [-0.2, -0.15) is 0 Å². The molecule has 0 amide bonds. The van der Waals surface area contributed by atoms with Gasteiger partial charge in [-0.1, -0.05) is 26.0 Å². The molecule has 0 aliphatic carbocycles. The van der Waals surface area contributed by atoms with Crippen LogP contribution in [0.4, 0.5) is 0 Å². The van der Waals surface area contributed by atoms with E-state index >= 15 is 0 Å². The Morgan fingerprint density at radius 3 is 2.86 bits per heavy atom. The van der Waals surface area contributed by atoms with Gasteiger partial charge < -0.3 is 10.1 Å². The van der Waals surface area contributed by atoms with Gasteiger partial charge in [-0.15, -0.1) is 0 Å². The summed E-state index contributed by atoms with van der Waals surface area (Å²) in [4.78, 5) is 2.64. The molecule has 3 nitrogen and oxygen atoms in total. The van der Waals surface area contributed by atoms with E-state index in [-0.39, 0.29) is 0 Å². The lowest BCUT2D eigenvalue weighted by Crippen LogP contribution is -2.45. The summed E-state index contributed by atoms with van der Waals surface area (Å²) in [5.41, 5.74) is 1.32. The Morgan fingerprint density at radius 2 is 2.14 bits per heavy atom. The number of likely N-dealkylation sites (N-methyl/N-ethyl adjacent to an activating group) is 1. The van der Waals surface area contributed by atoms with Gasteiger partial charge in [0.05, 0.1) is 7.11 Å². The molecule has 1 saturated heterocycles. The van der Waals surface area contributed by atoms with Crippen LogP contribution in [-0.2, 0) is 0 Å². The fourth-order valence-electron chi connectivity index (χ4n) is 3.26. The minimum absolute atomic E-state index is 0.373. The second kappa shape index (κ2) is 7.81. The van der Waals surface area contributed by atoms with Gasteiger partial charge in [-0.05, 0) is 49.9 Å². The van der Waals surface area contributed by atoms with E-state index in [4.69, 9.17) is 4.74 Å². The van der Waals surface area contributed by atoms with Gasteiger partial charge in [-0.3, -0.25) is 4.90 Å². The standard InChI is InChI=1S/C18H30N2O/c1-5-19-18(16-7-6-8-17(11-16)21-4)13-20-12-14(2)9-10-15(20)3/h6-8,11,14-15,18-19H,5,9-10,12-13H2,1-4H3. The molecule has 2 rings (SSSR count). The van der Waals surface area contributed by atoms with Crippen molar-refractivity contribution in [3.05, 3.63) is 29.8 Å². The van der Waals surface area contributed by atoms with Crippen LogP contribution in [0.25, 0.3) is 0 Å². The van der Waals surface area contributed by atoms with Gasteiger partial charge in [0.2, 0.25) is 0 Å². The summed E-state index contributed by atoms with van der Waals surface area (Å²) in [5, 5.41) is 3.64. The van der Waals surface area contributed by atoms with Crippen LogP contribution >= 0.6 is 0 Å². The molecule has 3 atom stereocenters. The quantitative estimate of drug-likeness (QED) is 0.868. The molecule has 1 aliphatic heterocycles. The predicted octanol–water partition coefficient (Wildman–Crippen LogP) is 3.47. The van der Waals surface area contributed by atoms with Crippen LogP contribution in [0.1, 0.15) is 45.2 Å². The van der Waals surface area contributed by atoms with Crippen molar-refractivity contribution in [3.63, 3.8) is 0 Å². The maximum Gasteiger partial charge on any atom is 0.119 e. The number of piperidine rings is 1.